The highest BCUT2D eigenvalue weighted by Crippen LogP contribution is 2.34. The first-order chi connectivity index (χ1) is 15.3. The van der Waals surface area contributed by atoms with Gasteiger partial charge in [-0.15, -0.1) is 0 Å². The summed E-state index contributed by atoms with van der Waals surface area (Å²) < 4.78 is 13.6. The zero-order chi connectivity index (χ0) is 20.8. The van der Waals surface area contributed by atoms with Crippen LogP contribution < -0.4 is 15.0 Å². The summed E-state index contributed by atoms with van der Waals surface area (Å²) in [4.78, 5) is 14.4. The number of nitrogens with zero attached hydrogens (tertiary/aromatic N) is 5. The van der Waals surface area contributed by atoms with Gasteiger partial charge in [-0.2, -0.15) is 0 Å². The fraction of sp³-hybridized carbons (Fsp3) is 0.391. The summed E-state index contributed by atoms with van der Waals surface area (Å²) in [6.07, 6.45) is 2.47. The van der Waals surface area contributed by atoms with E-state index in [1.807, 2.05) is 18.2 Å². The highest BCUT2D eigenvalue weighted by molar-refractivity contribution is 5.98. The fourth-order valence-corrected chi connectivity index (χ4v) is 4.74. The molecule has 2 aromatic carbocycles. The second kappa shape index (κ2) is 7.55. The predicted molar refractivity (Wildman–Crippen MR) is 119 cm³/mol. The van der Waals surface area contributed by atoms with E-state index in [2.05, 4.69) is 50.0 Å². The molecule has 3 aliphatic heterocycles. The molecule has 0 unspecified atom stereocenters. The van der Waals surface area contributed by atoms with E-state index < -0.39 is 0 Å². The van der Waals surface area contributed by atoms with Crippen LogP contribution in [0.2, 0.25) is 0 Å². The largest absolute Gasteiger partial charge is 0.497 e. The molecule has 0 bridgehead atoms. The zero-order valence-electron chi connectivity index (χ0n) is 17.6. The van der Waals surface area contributed by atoms with E-state index >= 15 is 0 Å². The van der Waals surface area contributed by atoms with Crippen molar-refractivity contribution in [2.45, 2.75) is 25.1 Å². The van der Waals surface area contributed by atoms with Gasteiger partial charge in [0.1, 0.15) is 11.9 Å². The molecular weight excluding hydrogens is 392 g/mol. The molecule has 2 atom stereocenters. The van der Waals surface area contributed by atoms with E-state index in [1.165, 1.54) is 0 Å². The number of aliphatic imine (C=N–C) groups is 1. The van der Waals surface area contributed by atoms with Crippen LogP contribution in [-0.2, 0) is 4.74 Å². The Kier molecular flexibility index (Phi) is 4.54. The third kappa shape index (κ3) is 3.23. The van der Waals surface area contributed by atoms with E-state index in [-0.39, 0.29) is 6.17 Å². The molecular formula is C23H26N6O2. The summed E-state index contributed by atoms with van der Waals surface area (Å²) in [7, 11) is 1.70. The Balaban J connectivity index is 1.41. The number of aromatic nitrogens is 2. The van der Waals surface area contributed by atoms with Crippen LogP contribution in [0, 0.1) is 0 Å². The molecule has 1 aromatic heterocycles. The molecule has 8 heteroatoms. The molecule has 31 heavy (non-hydrogen) atoms. The van der Waals surface area contributed by atoms with Crippen molar-refractivity contribution in [1.82, 2.24) is 19.8 Å². The van der Waals surface area contributed by atoms with Crippen LogP contribution in [0.4, 0.5) is 5.95 Å². The summed E-state index contributed by atoms with van der Waals surface area (Å²) in [5.41, 5.74) is 3.17. The molecule has 6 rings (SSSR count). The quantitative estimate of drug-likeness (QED) is 0.703. The van der Waals surface area contributed by atoms with Crippen LogP contribution >= 0.6 is 0 Å². The van der Waals surface area contributed by atoms with Gasteiger partial charge in [0, 0.05) is 13.2 Å². The van der Waals surface area contributed by atoms with Gasteiger partial charge in [0.05, 0.1) is 37.6 Å². The number of hydrogen-bond donors (Lipinski definition) is 1. The van der Waals surface area contributed by atoms with E-state index in [9.17, 15) is 0 Å². The number of methoxy groups -OCH3 is 1. The van der Waals surface area contributed by atoms with Crippen molar-refractivity contribution in [2.24, 2.45) is 4.99 Å². The molecule has 3 aromatic rings. The molecule has 0 spiro atoms. The molecule has 1 fully saturated rings. The summed E-state index contributed by atoms with van der Waals surface area (Å²) in [6, 6.07) is 16.4. The highest BCUT2D eigenvalue weighted by Gasteiger charge is 2.36. The van der Waals surface area contributed by atoms with Gasteiger partial charge in [-0.05, 0) is 42.7 Å². The van der Waals surface area contributed by atoms with Crippen molar-refractivity contribution in [1.29, 1.82) is 0 Å². The second-order valence-corrected chi connectivity index (χ2v) is 8.28. The number of ether oxygens (including phenoxy) is 2. The van der Waals surface area contributed by atoms with Gasteiger partial charge in [0.2, 0.25) is 11.9 Å². The van der Waals surface area contributed by atoms with Gasteiger partial charge in [-0.25, -0.2) is 9.98 Å². The Bertz CT molecular complexity index is 1140. The van der Waals surface area contributed by atoms with Crippen LogP contribution in [0.5, 0.6) is 5.75 Å². The Morgan fingerprint density at radius 1 is 1.19 bits per heavy atom. The van der Waals surface area contributed by atoms with Crippen molar-refractivity contribution >= 4 is 22.9 Å². The van der Waals surface area contributed by atoms with Crippen LogP contribution in [0.25, 0.3) is 11.0 Å². The van der Waals surface area contributed by atoms with Crippen molar-refractivity contribution < 1.29 is 9.47 Å². The van der Waals surface area contributed by atoms with Crippen molar-refractivity contribution in [3.63, 3.8) is 0 Å². The minimum Gasteiger partial charge on any atom is -0.497 e. The fourth-order valence-electron chi connectivity index (χ4n) is 4.74. The normalized spacial score (nSPS) is 23.3. The smallest absolute Gasteiger partial charge is 0.216 e. The number of nitrogens with one attached hydrogen (secondary N) is 1. The summed E-state index contributed by atoms with van der Waals surface area (Å²) in [5, 5.41) is 3.66. The first-order valence-corrected chi connectivity index (χ1v) is 10.8. The first-order valence-electron chi connectivity index (χ1n) is 10.8. The molecule has 0 aliphatic carbocycles. The van der Waals surface area contributed by atoms with E-state index in [0.29, 0.717) is 12.8 Å². The van der Waals surface area contributed by atoms with Crippen LogP contribution in [-0.4, -0.2) is 60.1 Å². The van der Waals surface area contributed by atoms with Gasteiger partial charge >= 0.3 is 0 Å². The standard InChI is InChI=1S/C23H26N6O2/c1-30-17-7-4-6-16(12-17)21-26-22-24-14-27(13-18-8-5-11-31-18)15-28(22)23-25-19-9-2-3-10-20(19)29(21)23/h2-4,6-7,9-10,12,18,21H,5,8,11,13-15H2,1H3,(H,24,26)/t18-,21+/m0/s1. The highest BCUT2D eigenvalue weighted by atomic mass is 16.5. The van der Waals surface area contributed by atoms with E-state index in [0.717, 1.165) is 66.9 Å². The molecule has 8 nitrogen and oxygen atoms in total. The molecule has 1 saturated heterocycles. The van der Waals surface area contributed by atoms with Gasteiger partial charge in [0.15, 0.2) is 0 Å². The SMILES string of the molecule is COc1cccc([C@@H]2NC3=NCN(C[C@@H]4CCCO4)CN3c3nc4ccccc4n32)c1. The number of benzene rings is 2. The van der Waals surface area contributed by atoms with Gasteiger partial charge in [0.25, 0.3) is 0 Å². The third-order valence-electron chi connectivity index (χ3n) is 6.26. The average molecular weight is 419 g/mol. The summed E-state index contributed by atoms with van der Waals surface area (Å²) in [5.74, 6) is 2.60. The van der Waals surface area contributed by atoms with Gasteiger partial charge in [-0.3, -0.25) is 14.4 Å². The first kappa shape index (κ1) is 18.7. The van der Waals surface area contributed by atoms with Crippen molar-refractivity contribution in [2.75, 3.05) is 38.5 Å². The predicted octanol–water partition coefficient (Wildman–Crippen LogP) is 2.77. The molecule has 0 radical (unpaired) electrons. The minimum atomic E-state index is -0.114. The monoisotopic (exact) mass is 418 g/mol. The van der Waals surface area contributed by atoms with E-state index in [1.54, 1.807) is 7.11 Å². The third-order valence-corrected chi connectivity index (χ3v) is 6.26. The number of hydrogen-bond acceptors (Lipinski definition) is 7. The number of guanidine groups is 1. The lowest BCUT2D eigenvalue weighted by molar-refractivity contribution is 0.0732. The van der Waals surface area contributed by atoms with Gasteiger partial charge in [-0.1, -0.05) is 24.3 Å². The summed E-state index contributed by atoms with van der Waals surface area (Å²) in [6.45, 7) is 3.16. The zero-order valence-corrected chi connectivity index (χ0v) is 17.6. The lowest BCUT2D eigenvalue weighted by Gasteiger charge is -2.42. The maximum atomic E-state index is 5.85. The van der Waals surface area contributed by atoms with Crippen LogP contribution in [0.15, 0.2) is 53.5 Å². The molecule has 3 aliphatic rings. The average Bonchev–Trinajstić information content (AvgIpc) is 3.46. The molecule has 1 N–H and O–H groups in total. The maximum absolute atomic E-state index is 5.85. The van der Waals surface area contributed by atoms with Crippen molar-refractivity contribution in [3.8, 4) is 5.75 Å². The van der Waals surface area contributed by atoms with Crippen LogP contribution in [0.3, 0.4) is 0 Å². The molecule has 0 saturated carbocycles. The topological polar surface area (TPSA) is 67.2 Å². The number of para-hydroxylation sites is 2. The Morgan fingerprint density at radius 3 is 3.00 bits per heavy atom. The van der Waals surface area contributed by atoms with E-state index in [4.69, 9.17) is 19.5 Å². The number of fused-ring (bicyclic) bond motifs is 5. The minimum absolute atomic E-state index is 0.114. The summed E-state index contributed by atoms with van der Waals surface area (Å²) >= 11 is 0. The lowest BCUT2D eigenvalue weighted by atomic mass is 10.1. The van der Waals surface area contributed by atoms with Crippen molar-refractivity contribution in [3.05, 3.63) is 54.1 Å². The lowest BCUT2D eigenvalue weighted by Crippen LogP contribution is -2.58. The Labute approximate surface area is 181 Å². The molecule has 160 valence electrons. The Morgan fingerprint density at radius 2 is 2.13 bits per heavy atom. The number of anilines is 1. The molecule has 0 amide bonds. The second-order valence-electron chi connectivity index (χ2n) is 8.28. The number of imidazole rings is 1. The molecule has 4 heterocycles. The Hall–Kier alpha value is -3.10. The van der Waals surface area contributed by atoms with Gasteiger partial charge < -0.3 is 14.8 Å². The van der Waals surface area contributed by atoms with Crippen LogP contribution in [0.1, 0.15) is 24.6 Å². The number of rotatable bonds is 4. The maximum Gasteiger partial charge on any atom is 0.216 e.